The first-order valence-electron chi connectivity index (χ1n) is 5.92. The molecular formula is C13H16BrClN2O2. The Morgan fingerprint density at radius 2 is 2.05 bits per heavy atom. The van der Waals surface area contributed by atoms with E-state index in [1.807, 2.05) is 13.8 Å². The van der Waals surface area contributed by atoms with Gasteiger partial charge in [-0.25, -0.2) is 0 Å². The molecule has 0 atom stereocenters. The van der Waals surface area contributed by atoms with Crippen LogP contribution in [0.3, 0.4) is 0 Å². The fourth-order valence-electron chi connectivity index (χ4n) is 1.42. The zero-order valence-electron chi connectivity index (χ0n) is 10.8. The third-order valence-electron chi connectivity index (χ3n) is 2.27. The molecule has 0 bridgehead atoms. The van der Waals surface area contributed by atoms with E-state index in [2.05, 4.69) is 26.6 Å². The molecule has 0 saturated heterocycles. The largest absolute Gasteiger partial charge is 0.354 e. The van der Waals surface area contributed by atoms with Crippen LogP contribution in [0.15, 0.2) is 22.7 Å². The van der Waals surface area contributed by atoms with Crippen molar-refractivity contribution >= 4 is 39.3 Å². The Labute approximate surface area is 126 Å². The summed E-state index contributed by atoms with van der Waals surface area (Å²) in [4.78, 5) is 23.2. The summed E-state index contributed by atoms with van der Waals surface area (Å²) in [7, 11) is 0. The van der Waals surface area contributed by atoms with Crippen LogP contribution in [0.1, 0.15) is 30.6 Å². The van der Waals surface area contributed by atoms with Crippen molar-refractivity contribution in [3.05, 3.63) is 33.3 Å². The summed E-state index contributed by atoms with van der Waals surface area (Å²) in [6.07, 6.45) is 0.258. The molecule has 0 aliphatic carbocycles. The SMILES string of the molecule is CC(C)NC(=O)CCNC(=O)c1ccc(Br)c(Cl)c1. The topological polar surface area (TPSA) is 58.2 Å². The van der Waals surface area contributed by atoms with Crippen molar-refractivity contribution in [3.8, 4) is 0 Å². The van der Waals surface area contributed by atoms with Gasteiger partial charge in [0.05, 0.1) is 5.02 Å². The number of nitrogens with one attached hydrogen (secondary N) is 2. The van der Waals surface area contributed by atoms with Gasteiger partial charge in [0.2, 0.25) is 5.91 Å². The van der Waals surface area contributed by atoms with Crippen LogP contribution in [0.4, 0.5) is 0 Å². The molecule has 0 saturated carbocycles. The lowest BCUT2D eigenvalue weighted by molar-refractivity contribution is -0.121. The van der Waals surface area contributed by atoms with Crippen molar-refractivity contribution in [2.75, 3.05) is 6.54 Å². The molecule has 0 aromatic heterocycles. The summed E-state index contributed by atoms with van der Waals surface area (Å²) in [5.41, 5.74) is 0.470. The second-order valence-electron chi connectivity index (χ2n) is 4.36. The van der Waals surface area contributed by atoms with Gasteiger partial charge < -0.3 is 10.6 Å². The van der Waals surface area contributed by atoms with E-state index in [9.17, 15) is 9.59 Å². The number of halogens is 2. The quantitative estimate of drug-likeness (QED) is 0.860. The van der Waals surface area contributed by atoms with Crippen LogP contribution in [0, 0.1) is 0 Å². The molecule has 0 unspecified atom stereocenters. The molecule has 0 radical (unpaired) electrons. The third-order valence-corrected chi connectivity index (χ3v) is 3.50. The summed E-state index contributed by atoms with van der Waals surface area (Å²) in [5, 5.41) is 5.91. The van der Waals surface area contributed by atoms with Gasteiger partial charge in [0, 0.05) is 29.0 Å². The normalized spacial score (nSPS) is 10.4. The summed E-state index contributed by atoms with van der Waals surface area (Å²) in [6, 6.07) is 5.06. The Kier molecular flexibility index (Phi) is 6.31. The molecule has 0 aliphatic heterocycles. The lowest BCUT2D eigenvalue weighted by Crippen LogP contribution is -2.34. The molecule has 4 nitrogen and oxygen atoms in total. The van der Waals surface area contributed by atoms with E-state index in [1.165, 1.54) is 0 Å². The predicted octanol–water partition coefficient (Wildman–Crippen LogP) is 2.75. The first kappa shape index (κ1) is 16.0. The van der Waals surface area contributed by atoms with E-state index < -0.39 is 0 Å². The Balaban J connectivity index is 2.43. The van der Waals surface area contributed by atoms with Crippen molar-refractivity contribution < 1.29 is 9.59 Å². The van der Waals surface area contributed by atoms with Gasteiger partial charge in [-0.15, -0.1) is 0 Å². The number of carbonyl (C=O) groups excluding carboxylic acids is 2. The van der Waals surface area contributed by atoms with Gasteiger partial charge >= 0.3 is 0 Å². The van der Waals surface area contributed by atoms with E-state index >= 15 is 0 Å². The van der Waals surface area contributed by atoms with Gasteiger partial charge in [0.25, 0.3) is 5.91 Å². The Bertz CT molecular complexity index is 478. The highest BCUT2D eigenvalue weighted by Gasteiger charge is 2.08. The first-order chi connectivity index (χ1) is 8.90. The molecule has 19 heavy (non-hydrogen) atoms. The zero-order valence-corrected chi connectivity index (χ0v) is 13.1. The second kappa shape index (κ2) is 7.50. The van der Waals surface area contributed by atoms with Gasteiger partial charge in [-0.1, -0.05) is 11.6 Å². The van der Waals surface area contributed by atoms with Gasteiger partial charge in [0.1, 0.15) is 0 Å². The molecule has 0 heterocycles. The van der Waals surface area contributed by atoms with Crippen molar-refractivity contribution in [1.29, 1.82) is 0 Å². The van der Waals surface area contributed by atoms with Crippen LogP contribution in [-0.2, 0) is 4.79 Å². The highest BCUT2D eigenvalue weighted by molar-refractivity contribution is 9.10. The number of benzene rings is 1. The Morgan fingerprint density at radius 1 is 1.37 bits per heavy atom. The van der Waals surface area contributed by atoms with Crippen molar-refractivity contribution in [2.24, 2.45) is 0 Å². The molecule has 0 spiro atoms. The Hall–Kier alpha value is -1.07. The predicted molar refractivity (Wildman–Crippen MR) is 79.4 cm³/mol. The molecule has 1 aromatic carbocycles. The van der Waals surface area contributed by atoms with Crippen molar-refractivity contribution in [2.45, 2.75) is 26.3 Å². The summed E-state index contributed by atoms with van der Waals surface area (Å²) >= 11 is 9.17. The van der Waals surface area contributed by atoms with Gasteiger partial charge in [-0.2, -0.15) is 0 Å². The van der Waals surface area contributed by atoms with Crippen LogP contribution in [0.2, 0.25) is 5.02 Å². The molecule has 0 fully saturated rings. The number of amides is 2. The lowest BCUT2D eigenvalue weighted by atomic mass is 10.2. The van der Waals surface area contributed by atoms with Gasteiger partial charge in [-0.05, 0) is 48.0 Å². The minimum Gasteiger partial charge on any atom is -0.354 e. The average molecular weight is 348 g/mol. The second-order valence-corrected chi connectivity index (χ2v) is 5.62. The number of carbonyl (C=O) groups is 2. The zero-order chi connectivity index (χ0) is 14.4. The molecule has 2 amide bonds. The van der Waals surface area contributed by atoms with Crippen LogP contribution >= 0.6 is 27.5 Å². The highest BCUT2D eigenvalue weighted by atomic mass is 79.9. The minimum atomic E-state index is -0.244. The van der Waals surface area contributed by atoms with Crippen LogP contribution in [0.5, 0.6) is 0 Å². The fraction of sp³-hybridized carbons (Fsp3) is 0.385. The molecule has 1 rings (SSSR count). The molecule has 6 heteroatoms. The van der Waals surface area contributed by atoms with E-state index in [1.54, 1.807) is 18.2 Å². The molecule has 1 aromatic rings. The van der Waals surface area contributed by atoms with Gasteiger partial charge in [-0.3, -0.25) is 9.59 Å². The lowest BCUT2D eigenvalue weighted by Gasteiger charge is -2.09. The van der Waals surface area contributed by atoms with E-state index in [-0.39, 0.29) is 24.3 Å². The standard InChI is InChI=1S/C13H16BrClN2O2/c1-8(2)17-12(18)5-6-16-13(19)9-3-4-10(14)11(15)7-9/h3-4,7-8H,5-6H2,1-2H3,(H,16,19)(H,17,18). The fourth-order valence-corrected chi connectivity index (χ4v) is 1.85. The first-order valence-corrected chi connectivity index (χ1v) is 7.10. The molecule has 104 valence electrons. The van der Waals surface area contributed by atoms with E-state index in [0.717, 1.165) is 4.47 Å². The van der Waals surface area contributed by atoms with Crippen molar-refractivity contribution in [1.82, 2.24) is 10.6 Å². The summed E-state index contributed by atoms with van der Waals surface area (Å²) in [6.45, 7) is 4.08. The van der Waals surface area contributed by atoms with Crippen LogP contribution in [-0.4, -0.2) is 24.4 Å². The molecular weight excluding hydrogens is 332 g/mol. The third kappa shape index (κ3) is 5.61. The average Bonchev–Trinajstić information content (AvgIpc) is 2.31. The van der Waals surface area contributed by atoms with Crippen LogP contribution < -0.4 is 10.6 Å². The minimum absolute atomic E-state index is 0.0795. The number of hydrogen-bond acceptors (Lipinski definition) is 2. The maximum absolute atomic E-state index is 11.8. The smallest absolute Gasteiger partial charge is 0.251 e. The summed E-state index contributed by atoms with van der Waals surface area (Å²) < 4.78 is 0.738. The maximum Gasteiger partial charge on any atom is 0.251 e. The number of hydrogen-bond donors (Lipinski definition) is 2. The highest BCUT2D eigenvalue weighted by Crippen LogP contribution is 2.23. The van der Waals surface area contributed by atoms with E-state index in [0.29, 0.717) is 17.1 Å². The summed E-state index contributed by atoms with van der Waals surface area (Å²) in [5.74, 6) is -0.323. The van der Waals surface area contributed by atoms with Gasteiger partial charge in [0.15, 0.2) is 0 Å². The van der Waals surface area contributed by atoms with Crippen molar-refractivity contribution in [3.63, 3.8) is 0 Å². The number of rotatable bonds is 5. The monoisotopic (exact) mass is 346 g/mol. The Morgan fingerprint density at radius 3 is 2.63 bits per heavy atom. The van der Waals surface area contributed by atoms with Crippen LogP contribution in [0.25, 0.3) is 0 Å². The maximum atomic E-state index is 11.8. The molecule has 2 N–H and O–H groups in total. The molecule has 0 aliphatic rings. The van der Waals surface area contributed by atoms with E-state index in [4.69, 9.17) is 11.6 Å².